The summed E-state index contributed by atoms with van der Waals surface area (Å²) in [5.41, 5.74) is 9.28. The van der Waals surface area contributed by atoms with Crippen LogP contribution >= 0.6 is 12.4 Å². The molecule has 126 valence electrons. The molecule has 1 amide bonds. The number of ether oxygens (including phenoxy) is 1. The Labute approximate surface area is 143 Å². The first kappa shape index (κ1) is 16.7. The number of rotatable bonds is 2. The average Bonchev–Trinajstić information content (AvgIpc) is 2.95. The molecule has 1 aromatic rings. The predicted molar refractivity (Wildman–Crippen MR) is 91.5 cm³/mol. The molecule has 4 rings (SSSR count). The highest BCUT2D eigenvalue weighted by Gasteiger charge is 2.40. The monoisotopic (exact) mass is 336 g/mol. The number of hydrogen-bond acceptors (Lipinski definition) is 3. The minimum atomic E-state index is 0. The number of carbonyl (C=O) groups excluding carboxylic acids is 1. The molecule has 3 N–H and O–H groups in total. The number of hydrogen-bond donors (Lipinski definition) is 2. The zero-order valence-corrected chi connectivity index (χ0v) is 14.1. The van der Waals surface area contributed by atoms with Crippen molar-refractivity contribution in [1.82, 2.24) is 5.32 Å². The van der Waals surface area contributed by atoms with Gasteiger partial charge in [0.05, 0.1) is 13.2 Å². The lowest BCUT2D eigenvalue weighted by molar-refractivity contribution is 0.0756. The van der Waals surface area contributed by atoms with Gasteiger partial charge in [0, 0.05) is 17.6 Å². The maximum atomic E-state index is 12.6. The van der Waals surface area contributed by atoms with Crippen LogP contribution in [-0.4, -0.2) is 18.0 Å². The Hall–Kier alpha value is -1.10. The van der Waals surface area contributed by atoms with Crippen LogP contribution in [0.4, 0.5) is 0 Å². The summed E-state index contributed by atoms with van der Waals surface area (Å²) in [5, 5.41) is 3.31. The van der Waals surface area contributed by atoms with Crippen LogP contribution in [0.3, 0.4) is 0 Å². The quantitative estimate of drug-likeness (QED) is 0.872. The van der Waals surface area contributed by atoms with Gasteiger partial charge in [-0.05, 0) is 60.8 Å². The van der Waals surface area contributed by atoms with E-state index in [1.165, 1.54) is 24.8 Å². The minimum absolute atomic E-state index is 0. The molecule has 3 aliphatic rings. The van der Waals surface area contributed by atoms with Gasteiger partial charge in [-0.25, -0.2) is 0 Å². The largest absolute Gasteiger partial charge is 0.372 e. The number of halogens is 1. The van der Waals surface area contributed by atoms with Crippen molar-refractivity contribution in [3.63, 3.8) is 0 Å². The standard InChI is InChI=1S/C18H24N2O2.ClH/c19-16-7-11-2-1-3-12(8-16)17(11)20-18(21)13-4-5-14-9-22-10-15(14)6-13;/h4-6,11-12,16-17H,1-3,7-10,19H2,(H,20,21);1H. The normalized spacial score (nSPS) is 31.9. The summed E-state index contributed by atoms with van der Waals surface area (Å²) in [5.74, 6) is 1.18. The average molecular weight is 337 g/mol. The van der Waals surface area contributed by atoms with Gasteiger partial charge < -0.3 is 15.8 Å². The van der Waals surface area contributed by atoms with E-state index in [1.54, 1.807) is 0 Å². The molecule has 2 bridgehead atoms. The van der Waals surface area contributed by atoms with Crippen LogP contribution in [0.1, 0.15) is 53.6 Å². The van der Waals surface area contributed by atoms with E-state index in [2.05, 4.69) is 5.32 Å². The van der Waals surface area contributed by atoms with E-state index in [0.717, 1.165) is 24.0 Å². The predicted octanol–water partition coefficient (Wildman–Crippen LogP) is 2.77. The van der Waals surface area contributed by atoms with Gasteiger partial charge in [-0.3, -0.25) is 4.79 Å². The van der Waals surface area contributed by atoms with E-state index in [4.69, 9.17) is 10.5 Å². The molecule has 0 radical (unpaired) electrons. The molecular weight excluding hydrogens is 312 g/mol. The molecule has 1 heterocycles. The molecule has 1 aromatic carbocycles. The summed E-state index contributed by atoms with van der Waals surface area (Å²) < 4.78 is 5.43. The number of fused-ring (bicyclic) bond motifs is 3. The zero-order valence-electron chi connectivity index (χ0n) is 13.3. The van der Waals surface area contributed by atoms with Crippen molar-refractivity contribution >= 4 is 18.3 Å². The third-order valence-electron chi connectivity index (χ3n) is 5.66. The SMILES string of the molecule is Cl.NC1CC2CCCC(C1)C2NC(=O)c1ccc2c(c1)COC2. The molecule has 0 saturated heterocycles. The first-order valence-corrected chi connectivity index (χ1v) is 8.46. The third-order valence-corrected chi connectivity index (χ3v) is 5.66. The fraction of sp³-hybridized carbons (Fsp3) is 0.611. The summed E-state index contributed by atoms with van der Waals surface area (Å²) in [7, 11) is 0. The molecule has 0 spiro atoms. The van der Waals surface area contributed by atoms with Crippen molar-refractivity contribution in [3.8, 4) is 0 Å². The van der Waals surface area contributed by atoms with Crippen LogP contribution in [0.5, 0.6) is 0 Å². The molecule has 23 heavy (non-hydrogen) atoms. The van der Waals surface area contributed by atoms with Crippen LogP contribution in [0, 0.1) is 11.8 Å². The molecule has 2 aliphatic carbocycles. The second kappa shape index (κ2) is 6.80. The number of nitrogens with two attached hydrogens (primary N) is 1. The molecule has 5 heteroatoms. The van der Waals surface area contributed by atoms with Crippen LogP contribution in [0.15, 0.2) is 18.2 Å². The highest BCUT2D eigenvalue weighted by Crippen LogP contribution is 2.39. The maximum Gasteiger partial charge on any atom is 0.251 e. The van der Waals surface area contributed by atoms with E-state index >= 15 is 0 Å². The Bertz CT molecular complexity index is 578. The molecule has 4 nitrogen and oxygen atoms in total. The van der Waals surface area contributed by atoms with Crippen molar-refractivity contribution in [2.45, 2.75) is 57.4 Å². The number of amides is 1. The molecule has 1 aliphatic heterocycles. The van der Waals surface area contributed by atoms with E-state index in [-0.39, 0.29) is 18.3 Å². The summed E-state index contributed by atoms with van der Waals surface area (Å²) in [6.07, 6.45) is 5.80. The van der Waals surface area contributed by atoms with Crippen molar-refractivity contribution in [2.75, 3.05) is 0 Å². The first-order valence-electron chi connectivity index (χ1n) is 8.46. The second-order valence-electron chi connectivity index (χ2n) is 7.16. The Balaban J connectivity index is 0.00000156. The van der Waals surface area contributed by atoms with Crippen LogP contribution in [0.25, 0.3) is 0 Å². The second-order valence-corrected chi connectivity index (χ2v) is 7.16. The molecule has 2 fully saturated rings. The van der Waals surface area contributed by atoms with Gasteiger partial charge in [-0.1, -0.05) is 12.5 Å². The molecular formula is C18H25ClN2O2. The molecule has 2 unspecified atom stereocenters. The number of nitrogens with one attached hydrogen (secondary N) is 1. The van der Waals surface area contributed by atoms with Gasteiger partial charge in [-0.15, -0.1) is 12.4 Å². The summed E-state index contributed by atoms with van der Waals surface area (Å²) in [6.45, 7) is 1.29. The number of benzene rings is 1. The van der Waals surface area contributed by atoms with Crippen LogP contribution in [0.2, 0.25) is 0 Å². The fourth-order valence-electron chi connectivity index (χ4n) is 4.57. The molecule has 2 saturated carbocycles. The molecule has 0 aromatic heterocycles. The van der Waals surface area contributed by atoms with Gasteiger partial charge in [0.2, 0.25) is 0 Å². The highest BCUT2D eigenvalue weighted by atomic mass is 35.5. The van der Waals surface area contributed by atoms with Crippen molar-refractivity contribution in [3.05, 3.63) is 34.9 Å². The highest BCUT2D eigenvalue weighted by molar-refractivity contribution is 5.94. The Morgan fingerprint density at radius 3 is 2.57 bits per heavy atom. The lowest BCUT2D eigenvalue weighted by Crippen LogP contribution is -2.53. The summed E-state index contributed by atoms with van der Waals surface area (Å²) in [4.78, 5) is 12.6. The van der Waals surface area contributed by atoms with Crippen molar-refractivity contribution in [1.29, 1.82) is 0 Å². The maximum absolute atomic E-state index is 12.6. The minimum Gasteiger partial charge on any atom is -0.372 e. The Morgan fingerprint density at radius 1 is 1.13 bits per heavy atom. The van der Waals surface area contributed by atoms with Gasteiger partial charge in [0.25, 0.3) is 5.91 Å². The van der Waals surface area contributed by atoms with Gasteiger partial charge in [0.15, 0.2) is 0 Å². The third kappa shape index (κ3) is 3.25. The topological polar surface area (TPSA) is 64.3 Å². The summed E-state index contributed by atoms with van der Waals surface area (Å²) in [6, 6.07) is 6.57. The fourth-order valence-corrected chi connectivity index (χ4v) is 4.57. The number of carbonyl (C=O) groups is 1. The zero-order chi connectivity index (χ0) is 15.1. The van der Waals surface area contributed by atoms with E-state index < -0.39 is 0 Å². The van der Waals surface area contributed by atoms with Crippen molar-refractivity contribution < 1.29 is 9.53 Å². The van der Waals surface area contributed by atoms with Gasteiger partial charge in [0.1, 0.15) is 0 Å². The summed E-state index contributed by atoms with van der Waals surface area (Å²) >= 11 is 0. The smallest absolute Gasteiger partial charge is 0.251 e. The van der Waals surface area contributed by atoms with Gasteiger partial charge in [-0.2, -0.15) is 0 Å². The first-order chi connectivity index (χ1) is 10.7. The van der Waals surface area contributed by atoms with Gasteiger partial charge >= 0.3 is 0 Å². The lowest BCUT2D eigenvalue weighted by atomic mass is 9.67. The van der Waals surface area contributed by atoms with Crippen LogP contribution < -0.4 is 11.1 Å². The molecule has 2 atom stereocenters. The van der Waals surface area contributed by atoms with E-state index in [0.29, 0.717) is 37.1 Å². The Kier molecular flexibility index (Phi) is 4.95. The van der Waals surface area contributed by atoms with E-state index in [9.17, 15) is 4.79 Å². The van der Waals surface area contributed by atoms with E-state index in [1.807, 2.05) is 18.2 Å². The lowest BCUT2D eigenvalue weighted by Gasteiger charge is -2.45. The van der Waals surface area contributed by atoms with Crippen LogP contribution in [-0.2, 0) is 18.0 Å². The Morgan fingerprint density at radius 2 is 1.83 bits per heavy atom. The van der Waals surface area contributed by atoms with Crippen molar-refractivity contribution in [2.24, 2.45) is 17.6 Å².